The quantitative estimate of drug-likeness (QED) is 0.785. The van der Waals surface area contributed by atoms with E-state index in [1.807, 2.05) is 6.92 Å². The van der Waals surface area contributed by atoms with Crippen LogP contribution in [0.5, 0.6) is 0 Å². The maximum absolute atomic E-state index is 12.1. The van der Waals surface area contributed by atoms with Crippen LogP contribution in [-0.2, 0) is 0 Å². The maximum atomic E-state index is 12.1. The van der Waals surface area contributed by atoms with Gasteiger partial charge < -0.3 is 11.1 Å². The molecule has 0 radical (unpaired) electrons. The number of nitrogens with one attached hydrogen (secondary N) is 1. The highest BCUT2D eigenvalue weighted by atomic mass is 16.1. The van der Waals surface area contributed by atoms with Crippen LogP contribution in [0.15, 0.2) is 18.5 Å². The molecule has 1 rings (SSSR count). The third-order valence-electron chi connectivity index (χ3n) is 2.75. The highest BCUT2D eigenvalue weighted by Crippen LogP contribution is 2.07. The number of pyridine rings is 1. The van der Waals surface area contributed by atoms with E-state index in [0.29, 0.717) is 17.0 Å². The van der Waals surface area contributed by atoms with Gasteiger partial charge in [-0.15, -0.1) is 0 Å². The Labute approximate surface area is 108 Å². The van der Waals surface area contributed by atoms with Crippen LogP contribution in [0.25, 0.3) is 0 Å². The molecule has 3 N–H and O–H groups in total. The summed E-state index contributed by atoms with van der Waals surface area (Å²) in [4.78, 5) is 16.1. The zero-order chi connectivity index (χ0) is 13.5. The van der Waals surface area contributed by atoms with Gasteiger partial charge in [0.2, 0.25) is 0 Å². The summed E-state index contributed by atoms with van der Waals surface area (Å²) in [6, 6.07) is 1.78. The molecule has 0 saturated heterocycles. The van der Waals surface area contributed by atoms with E-state index in [4.69, 9.17) is 5.73 Å². The molecule has 0 bridgehead atoms. The Balaban J connectivity index is 2.92. The zero-order valence-electron chi connectivity index (χ0n) is 11.0. The first kappa shape index (κ1) is 14.2. The molecule has 0 aromatic carbocycles. The Morgan fingerprint density at radius 1 is 1.50 bits per heavy atom. The fourth-order valence-corrected chi connectivity index (χ4v) is 1.29. The number of nitrogens with zero attached hydrogens (tertiary/aromatic N) is 1. The predicted octanol–water partition coefficient (Wildman–Crippen LogP) is 1.17. The molecule has 0 aliphatic carbocycles. The van der Waals surface area contributed by atoms with Crippen molar-refractivity contribution in [1.82, 2.24) is 10.3 Å². The van der Waals surface area contributed by atoms with Crippen LogP contribution in [0.4, 0.5) is 0 Å². The van der Waals surface area contributed by atoms with E-state index in [-0.39, 0.29) is 18.5 Å². The van der Waals surface area contributed by atoms with Gasteiger partial charge in [0.15, 0.2) is 0 Å². The van der Waals surface area contributed by atoms with Crippen molar-refractivity contribution in [3.05, 3.63) is 29.6 Å². The fourth-order valence-electron chi connectivity index (χ4n) is 1.29. The molecular formula is C14H19N3O. The number of rotatable bonds is 3. The Hall–Kier alpha value is -1.86. The number of amides is 1. The summed E-state index contributed by atoms with van der Waals surface area (Å²) in [6.45, 7) is 6.37. The molecule has 1 unspecified atom stereocenters. The average molecular weight is 245 g/mol. The van der Waals surface area contributed by atoms with Gasteiger partial charge in [0, 0.05) is 18.4 Å². The largest absolute Gasteiger partial charge is 0.349 e. The predicted molar refractivity (Wildman–Crippen MR) is 71.9 cm³/mol. The highest BCUT2D eigenvalue weighted by Gasteiger charge is 2.14. The third-order valence-corrected chi connectivity index (χ3v) is 2.75. The van der Waals surface area contributed by atoms with Crippen molar-refractivity contribution in [2.75, 3.05) is 6.54 Å². The first-order valence-corrected chi connectivity index (χ1v) is 6.00. The minimum atomic E-state index is -0.125. The van der Waals surface area contributed by atoms with Crippen LogP contribution >= 0.6 is 0 Å². The lowest BCUT2D eigenvalue weighted by Gasteiger charge is -2.17. The Bertz CT molecular complexity index is 471. The van der Waals surface area contributed by atoms with Gasteiger partial charge in [-0.1, -0.05) is 25.7 Å². The summed E-state index contributed by atoms with van der Waals surface area (Å²) in [5.74, 6) is 5.85. The molecule has 96 valence electrons. The Morgan fingerprint density at radius 2 is 2.22 bits per heavy atom. The van der Waals surface area contributed by atoms with Crippen molar-refractivity contribution < 1.29 is 4.79 Å². The van der Waals surface area contributed by atoms with E-state index in [0.717, 1.165) is 0 Å². The van der Waals surface area contributed by atoms with Gasteiger partial charge in [0.25, 0.3) is 5.91 Å². The lowest BCUT2D eigenvalue weighted by atomic mass is 10.0. The number of carbonyl (C=O) groups excluding carboxylic acids is 1. The van der Waals surface area contributed by atoms with E-state index < -0.39 is 0 Å². The Morgan fingerprint density at radius 3 is 2.83 bits per heavy atom. The zero-order valence-corrected chi connectivity index (χ0v) is 11.0. The van der Waals surface area contributed by atoms with Crippen LogP contribution in [-0.4, -0.2) is 23.5 Å². The smallest absolute Gasteiger partial charge is 0.252 e. The number of hydrogen-bond acceptors (Lipinski definition) is 3. The lowest BCUT2D eigenvalue weighted by molar-refractivity contribution is 0.0930. The van der Waals surface area contributed by atoms with Gasteiger partial charge in [-0.3, -0.25) is 9.78 Å². The van der Waals surface area contributed by atoms with E-state index in [2.05, 4.69) is 36.0 Å². The highest BCUT2D eigenvalue weighted by molar-refractivity contribution is 5.96. The van der Waals surface area contributed by atoms with Crippen molar-refractivity contribution in [2.24, 2.45) is 11.7 Å². The lowest BCUT2D eigenvalue weighted by Crippen LogP contribution is -2.36. The number of carbonyl (C=O) groups is 1. The number of aromatic nitrogens is 1. The minimum absolute atomic E-state index is 0.112. The Kier molecular flexibility index (Phi) is 5.34. The van der Waals surface area contributed by atoms with Gasteiger partial charge in [-0.2, -0.15) is 0 Å². The molecule has 1 amide bonds. The van der Waals surface area contributed by atoms with Crippen molar-refractivity contribution in [3.63, 3.8) is 0 Å². The van der Waals surface area contributed by atoms with Crippen molar-refractivity contribution in [3.8, 4) is 11.8 Å². The van der Waals surface area contributed by atoms with Crippen LogP contribution in [0.3, 0.4) is 0 Å². The first-order valence-electron chi connectivity index (χ1n) is 6.00. The number of nitrogens with two attached hydrogens (primary N) is 1. The molecule has 0 spiro atoms. The molecule has 1 atom stereocenters. The molecule has 1 aromatic rings. The van der Waals surface area contributed by atoms with E-state index in [9.17, 15) is 4.79 Å². The average Bonchev–Trinajstić information content (AvgIpc) is 2.36. The third kappa shape index (κ3) is 3.86. The second kappa shape index (κ2) is 6.77. The first-order chi connectivity index (χ1) is 8.56. The van der Waals surface area contributed by atoms with Crippen molar-refractivity contribution in [1.29, 1.82) is 0 Å². The number of hydrogen-bond donors (Lipinski definition) is 2. The molecule has 0 aliphatic heterocycles. The van der Waals surface area contributed by atoms with Gasteiger partial charge in [-0.25, -0.2) is 0 Å². The summed E-state index contributed by atoms with van der Waals surface area (Å²) in [7, 11) is 0. The van der Waals surface area contributed by atoms with Gasteiger partial charge in [0.1, 0.15) is 0 Å². The fraction of sp³-hybridized carbons (Fsp3) is 0.429. The molecule has 4 nitrogen and oxygen atoms in total. The van der Waals surface area contributed by atoms with E-state index >= 15 is 0 Å². The molecule has 0 aliphatic rings. The molecule has 0 fully saturated rings. The monoisotopic (exact) mass is 245 g/mol. The van der Waals surface area contributed by atoms with Crippen molar-refractivity contribution in [2.45, 2.75) is 26.8 Å². The van der Waals surface area contributed by atoms with Gasteiger partial charge in [-0.05, 0) is 18.9 Å². The summed E-state index contributed by atoms with van der Waals surface area (Å²) in [5.41, 5.74) is 6.48. The summed E-state index contributed by atoms with van der Waals surface area (Å²) in [5, 5.41) is 2.95. The summed E-state index contributed by atoms with van der Waals surface area (Å²) in [6.07, 6.45) is 3.17. The van der Waals surface area contributed by atoms with Crippen LogP contribution in [0.1, 0.15) is 36.7 Å². The van der Waals surface area contributed by atoms with Crippen molar-refractivity contribution >= 4 is 5.91 Å². The topological polar surface area (TPSA) is 68.0 Å². The summed E-state index contributed by atoms with van der Waals surface area (Å²) < 4.78 is 0. The molecule has 1 aromatic heterocycles. The minimum Gasteiger partial charge on any atom is -0.349 e. The standard InChI is InChI=1S/C14H19N3O/c1-10(2)11(3)17-14(18)13-6-8-16-9-12(13)5-4-7-15/h6,8-11H,7,15H2,1-3H3,(H,17,18). The molecule has 1 heterocycles. The molecule has 18 heavy (non-hydrogen) atoms. The van der Waals surface area contributed by atoms with Gasteiger partial charge >= 0.3 is 0 Å². The molecule has 4 heteroatoms. The van der Waals surface area contributed by atoms with Crippen LogP contribution < -0.4 is 11.1 Å². The second-order valence-electron chi connectivity index (χ2n) is 4.43. The summed E-state index contributed by atoms with van der Waals surface area (Å²) >= 11 is 0. The SMILES string of the molecule is CC(C)C(C)NC(=O)c1ccncc1C#CCN. The normalized spacial score (nSPS) is 11.6. The van der Waals surface area contributed by atoms with Gasteiger partial charge in [0.05, 0.1) is 17.7 Å². The maximum Gasteiger partial charge on any atom is 0.252 e. The van der Waals surface area contributed by atoms with Crippen LogP contribution in [0, 0.1) is 17.8 Å². The van der Waals surface area contributed by atoms with E-state index in [1.165, 1.54) is 0 Å². The van der Waals surface area contributed by atoms with Crippen LogP contribution in [0.2, 0.25) is 0 Å². The van der Waals surface area contributed by atoms with E-state index in [1.54, 1.807) is 18.5 Å². The molecular weight excluding hydrogens is 226 g/mol. The molecule has 0 saturated carbocycles. The second-order valence-corrected chi connectivity index (χ2v) is 4.43.